The Morgan fingerprint density at radius 1 is 1.21 bits per heavy atom. The fourth-order valence-corrected chi connectivity index (χ4v) is 2.28. The van der Waals surface area contributed by atoms with Crippen LogP contribution in [0.3, 0.4) is 0 Å². The highest BCUT2D eigenvalue weighted by atomic mass is 16.3. The Bertz CT molecular complexity index is 619. The molecule has 1 aliphatic heterocycles. The molecule has 5 nitrogen and oxygen atoms in total. The number of guanidine groups is 1. The van der Waals surface area contributed by atoms with Gasteiger partial charge in [0.15, 0.2) is 5.96 Å². The van der Waals surface area contributed by atoms with Gasteiger partial charge in [0.1, 0.15) is 5.76 Å². The van der Waals surface area contributed by atoms with E-state index in [4.69, 9.17) is 10.2 Å². The van der Waals surface area contributed by atoms with Gasteiger partial charge in [0.25, 0.3) is 5.91 Å². The van der Waals surface area contributed by atoms with Crippen LogP contribution in [0.5, 0.6) is 0 Å². The Hall–Kier alpha value is -2.56. The standard InChI is InChI=1S/C14H13N3O2/c15-13-16-12(18)14(17-13,11-7-4-8-19-11)9-10-5-2-1-3-6-10/h1-8H,9H2,(H3,15,16,17,18)/t14-/m0/s1. The number of nitrogens with two attached hydrogens (primary N) is 1. The number of benzene rings is 1. The minimum atomic E-state index is -1.10. The summed E-state index contributed by atoms with van der Waals surface area (Å²) in [7, 11) is 0. The van der Waals surface area contributed by atoms with Crippen LogP contribution in [-0.2, 0) is 16.8 Å². The number of nitrogens with one attached hydrogen (secondary N) is 1. The first-order valence-corrected chi connectivity index (χ1v) is 5.95. The second-order valence-corrected chi connectivity index (χ2v) is 4.45. The number of aliphatic imine (C=N–C) groups is 1. The number of hydrogen-bond acceptors (Lipinski definition) is 4. The van der Waals surface area contributed by atoms with Crippen LogP contribution in [0.4, 0.5) is 0 Å². The Balaban J connectivity index is 2.06. The van der Waals surface area contributed by atoms with Crippen molar-refractivity contribution < 1.29 is 9.21 Å². The van der Waals surface area contributed by atoms with Gasteiger partial charge in [0.2, 0.25) is 5.54 Å². The van der Waals surface area contributed by atoms with E-state index in [0.29, 0.717) is 12.2 Å². The van der Waals surface area contributed by atoms with Crippen LogP contribution in [-0.4, -0.2) is 11.9 Å². The predicted octanol–water partition coefficient (Wildman–Crippen LogP) is 1.16. The maximum Gasteiger partial charge on any atom is 0.262 e. The molecule has 0 aliphatic carbocycles. The van der Waals surface area contributed by atoms with Gasteiger partial charge in [-0.15, -0.1) is 0 Å². The first kappa shape index (κ1) is 11.5. The number of carbonyl (C=O) groups is 1. The average molecular weight is 255 g/mol. The minimum Gasteiger partial charge on any atom is -0.466 e. The summed E-state index contributed by atoms with van der Waals surface area (Å²) >= 11 is 0. The number of nitrogens with zero attached hydrogens (tertiary/aromatic N) is 1. The number of hydrogen-bond donors (Lipinski definition) is 2. The molecular weight excluding hydrogens is 242 g/mol. The second kappa shape index (κ2) is 4.28. The summed E-state index contributed by atoms with van der Waals surface area (Å²) in [6.07, 6.45) is 1.94. The first-order valence-electron chi connectivity index (χ1n) is 5.95. The molecule has 19 heavy (non-hydrogen) atoms. The highest BCUT2D eigenvalue weighted by Crippen LogP contribution is 2.33. The molecule has 1 atom stereocenters. The quantitative estimate of drug-likeness (QED) is 0.863. The molecule has 0 unspecified atom stereocenters. The number of furan rings is 1. The normalized spacial score (nSPS) is 22.1. The first-order chi connectivity index (χ1) is 9.21. The van der Waals surface area contributed by atoms with Crippen molar-refractivity contribution in [2.24, 2.45) is 10.7 Å². The maximum absolute atomic E-state index is 12.2. The lowest BCUT2D eigenvalue weighted by Gasteiger charge is -2.20. The lowest BCUT2D eigenvalue weighted by atomic mass is 9.88. The summed E-state index contributed by atoms with van der Waals surface area (Å²) in [5.74, 6) is 0.357. The van der Waals surface area contributed by atoms with E-state index >= 15 is 0 Å². The van der Waals surface area contributed by atoms with Gasteiger partial charge in [0.05, 0.1) is 6.26 Å². The largest absolute Gasteiger partial charge is 0.466 e. The van der Waals surface area contributed by atoms with Crippen molar-refractivity contribution in [3.8, 4) is 0 Å². The lowest BCUT2D eigenvalue weighted by molar-refractivity contribution is -0.124. The Morgan fingerprint density at radius 2 is 2.00 bits per heavy atom. The lowest BCUT2D eigenvalue weighted by Crippen LogP contribution is -2.40. The zero-order valence-electron chi connectivity index (χ0n) is 10.2. The van der Waals surface area contributed by atoms with Gasteiger partial charge in [-0.2, -0.15) is 0 Å². The molecule has 1 aromatic carbocycles. The van der Waals surface area contributed by atoms with Crippen LogP contribution >= 0.6 is 0 Å². The Morgan fingerprint density at radius 3 is 2.58 bits per heavy atom. The summed E-state index contributed by atoms with van der Waals surface area (Å²) in [5, 5.41) is 2.55. The van der Waals surface area contributed by atoms with Crippen molar-refractivity contribution in [2.45, 2.75) is 12.0 Å². The van der Waals surface area contributed by atoms with Crippen molar-refractivity contribution in [3.05, 3.63) is 60.1 Å². The molecule has 3 N–H and O–H groups in total. The minimum absolute atomic E-state index is 0.123. The monoisotopic (exact) mass is 255 g/mol. The number of rotatable bonds is 3. The fraction of sp³-hybridized carbons (Fsp3) is 0.143. The van der Waals surface area contributed by atoms with Gasteiger partial charge in [-0.1, -0.05) is 30.3 Å². The molecule has 1 aromatic heterocycles. The predicted molar refractivity (Wildman–Crippen MR) is 70.3 cm³/mol. The van der Waals surface area contributed by atoms with Crippen molar-refractivity contribution in [1.82, 2.24) is 5.32 Å². The molecule has 2 aromatic rings. The van der Waals surface area contributed by atoms with E-state index in [1.165, 1.54) is 6.26 Å². The van der Waals surface area contributed by atoms with Crippen LogP contribution in [0.15, 0.2) is 58.1 Å². The summed E-state index contributed by atoms with van der Waals surface area (Å²) in [4.78, 5) is 16.5. The van der Waals surface area contributed by atoms with Crippen molar-refractivity contribution in [1.29, 1.82) is 0 Å². The van der Waals surface area contributed by atoms with Crippen LogP contribution < -0.4 is 11.1 Å². The summed E-state index contributed by atoms with van der Waals surface area (Å²) in [6.45, 7) is 0. The molecule has 0 spiro atoms. The topological polar surface area (TPSA) is 80.6 Å². The van der Waals surface area contributed by atoms with E-state index < -0.39 is 5.54 Å². The molecule has 0 fully saturated rings. The highest BCUT2D eigenvalue weighted by molar-refractivity contribution is 6.07. The number of amides is 1. The van der Waals surface area contributed by atoms with Crippen LogP contribution in [0.1, 0.15) is 11.3 Å². The van der Waals surface area contributed by atoms with Gasteiger partial charge in [-0.3, -0.25) is 10.1 Å². The Kier molecular flexibility index (Phi) is 2.59. The molecular formula is C14H13N3O2. The molecule has 3 rings (SSSR count). The van der Waals surface area contributed by atoms with Gasteiger partial charge in [-0.25, -0.2) is 4.99 Å². The molecule has 0 radical (unpaired) electrons. The van der Waals surface area contributed by atoms with Crippen LogP contribution in [0, 0.1) is 0 Å². The van der Waals surface area contributed by atoms with E-state index in [9.17, 15) is 4.79 Å². The molecule has 0 bridgehead atoms. The van der Waals surface area contributed by atoms with Gasteiger partial charge in [0, 0.05) is 6.42 Å². The van der Waals surface area contributed by atoms with E-state index in [2.05, 4.69) is 10.3 Å². The third kappa shape index (κ3) is 1.89. The third-order valence-corrected chi connectivity index (χ3v) is 3.16. The number of carbonyl (C=O) groups excluding carboxylic acids is 1. The maximum atomic E-state index is 12.2. The zero-order chi connectivity index (χ0) is 13.3. The van der Waals surface area contributed by atoms with Crippen molar-refractivity contribution >= 4 is 11.9 Å². The fourth-order valence-electron chi connectivity index (χ4n) is 2.28. The second-order valence-electron chi connectivity index (χ2n) is 4.45. The smallest absolute Gasteiger partial charge is 0.262 e. The van der Waals surface area contributed by atoms with E-state index in [-0.39, 0.29) is 11.9 Å². The molecule has 1 aliphatic rings. The summed E-state index contributed by atoms with van der Waals surface area (Å²) < 4.78 is 5.39. The molecule has 0 saturated carbocycles. The zero-order valence-corrected chi connectivity index (χ0v) is 10.2. The van der Waals surface area contributed by atoms with E-state index in [1.807, 2.05) is 30.3 Å². The molecule has 0 saturated heterocycles. The van der Waals surface area contributed by atoms with Gasteiger partial charge in [-0.05, 0) is 17.7 Å². The van der Waals surface area contributed by atoms with Gasteiger partial charge >= 0.3 is 0 Å². The Labute approximate surface area is 110 Å². The molecule has 5 heteroatoms. The van der Waals surface area contributed by atoms with Crippen molar-refractivity contribution in [3.63, 3.8) is 0 Å². The highest BCUT2D eigenvalue weighted by Gasteiger charge is 2.47. The van der Waals surface area contributed by atoms with E-state index in [1.54, 1.807) is 12.1 Å². The summed E-state index contributed by atoms with van der Waals surface area (Å²) in [6, 6.07) is 13.1. The SMILES string of the molecule is NC1=N[C@@](Cc2ccccc2)(c2ccco2)C(=O)N1. The van der Waals surface area contributed by atoms with Gasteiger partial charge < -0.3 is 10.2 Å². The average Bonchev–Trinajstić information content (AvgIpc) is 3.00. The summed E-state index contributed by atoms with van der Waals surface area (Å²) in [5.41, 5.74) is 5.53. The molecule has 2 heterocycles. The third-order valence-electron chi connectivity index (χ3n) is 3.16. The van der Waals surface area contributed by atoms with Crippen molar-refractivity contribution in [2.75, 3.05) is 0 Å². The molecule has 1 amide bonds. The van der Waals surface area contributed by atoms with Crippen LogP contribution in [0.25, 0.3) is 0 Å². The van der Waals surface area contributed by atoms with Crippen LogP contribution in [0.2, 0.25) is 0 Å². The van der Waals surface area contributed by atoms with E-state index in [0.717, 1.165) is 5.56 Å². The molecule has 96 valence electrons.